The molecule has 0 unspecified atom stereocenters. The van der Waals surface area contributed by atoms with Crippen LogP contribution >= 0.6 is 0 Å². The van der Waals surface area contributed by atoms with Gasteiger partial charge in [0.25, 0.3) is 0 Å². The average Bonchev–Trinajstić information content (AvgIpc) is 3.13. The lowest BCUT2D eigenvalue weighted by Gasteiger charge is -2.08. The molecule has 1 aromatic heterocycles. The van der Waals surface area contributed by atoms with E-state index in [0.29, 0.717) is 5.92 Å². The molecular formula is C15H16N2. The molecule has 0 amide bonds. The van der Waals surface area contributed by atoms with E-state index in [1.165, 1.54) is 24.1 Å². The molecule has 0 aliphatic heterocycles. The van der Waals surface area contributed by atoms with Gasteiger partial charge in [-0.25, -0.2) is 4.98 Å². The molecule has 0 saturated heterocycles. The third-order valence-corrected chi connectivity index (χ3v) is 3.03. The first kappa shape index (κ1) is 10.3. The van der Waals surface area contributed by atoms with E-state index in [0.717, 1.165) is 11.5 Å². The third kappa shape index (κ3) is 2.47. The number of pyridine rings is 1. The Balaban J connectivity index is 1.87. The number of aromatic nitrogens is 1. The Kier molecular flexibility index (Phi) is 2.56. The summed E-state index contributed by atoms with van der Waals surface area (Å²) in [5.74, 6) is 1.66. The third-order valence-electron chi connectivity index (χ3n) is 3.03. The highest BCUT2D eigenvalue weighted by molar-refractivity contribution is 5.56. The Bertz CT molecular complexity index is 516. The Morgan fingerprint density at radius 1 is 1.12 bits per heavy atom. The predicted octanol–water partition coefficient (Wildman–Crippen LogP) is 4.01. The lowest BCUT2D eigenvalue weighted by atomic mass is 10.2. The smallest absolute Gasteiger partial charge is 0.130 e. The maximum absolute atomic E-state index is 4.68. The summed E-state index contributed by atoms with van der Waals surface area (Å²) >= 11 is 0. The number of anilines is 2. The van der Waals surface area contributed by atoms with E-state index in [9.17, 15) is 0 Å². The van der Waals surface area contributed by atoms with Gasteiger partial charge in [-0.2, -0.15) is 0 Å². The number of rotatable bonds is 3. The largest absolute Gasteiger partial charge is 0.340 e. The summed E-state index contributed by atoms with van der Waals surface area (Å²) in [6.45, 7) is 2.13. The van der Waals surface area contributed by atoms with Crippen LogP contribution in [0.1, 0.15) is 30.0 Å². The highest BCUT2D eigenvalue weighted by Gasteiger charge is 2.25. The van der Waals surface area contributed by atoms with Gasteiger partial charge in [0.2, 0.25) is 0 Å². The first-order valence-electron chi connectivity index (χ1n) is 6.12. The zero-order valence-electron chi connectivity index (χ0n) is 9.98. The van der Waals surface area contributed by atoms with Crippen molar-refractivity contribution in [1.82, 2.24) is 4.98 Å². The SMILES string of the molecule is Cc1cc(Nc2ccccc2)nc(C2CC2)c1. The second kappa shape index (κ2) is 4.21. The number of hydrogen-bond donors (Lipinski definition) is 1. The summed E-state index contributed by atoms with van der Waals surface area (Å²) in [4.78, 5) is 4.68. The molecule has 0 radical (unpaired) electrons. The van der Waals surface area contributed by atoms with Gasteiger partial charge in [-0.3, -0.25) is 0 Å². The molecule has 2 heteroatoms. The van der Waals surface area contributed by atoms with Gasteiger partial charge in [-0.1, -0.05) is 18.2 Å². The summed E-state index contributed by atoms with van der Waals surface area (Å²) in [6, 6.07) is 14.5. The Morgan fingerprint density at radius 2 is 1.88 bits per heavy atom. The molecule has 2 aromatic rings. The number of nitrogens with zero attached hydrogens (tertiary/aromatic N) is 1. The van der Waals surface area contributed by atoms with Gasteiger partial charge in [0.05, 0.1) is 0 Å². The Morgan fingerprint density at radius 3 is 2.59 bits per heavy atom. The standard InChI is InChI=1S/C15H16N2/c1-11-9-14(12-7-8-12)17-15(10-11)16-13-5-3-2-4-6-13/h2-6,9-10,12H,7-8H2,1H3,(H,16,17). The van der Waals surface area contributed by atoms with Crippen molar-refractivity contribution in [3.8, 4) is 0 Å². The van der Waals surface area contributed by atoms with E-state index < -0.39 is 0 Å². The van der Waals surface area contributed by atoms with Crippen LogP contribution in [0.4, 0.5) is 11.5 Å². The van der Waals surface area contributed by atoms with Crippen LogP contribution in [0.5, 0.6) is 0 Å². The highest BCUT2D eigenvalue weighted by Crippen LogP contribution is 2.39. The molecule has 0 bridgehead atoms. The van der Waals surface area contributed by atoms with Crippen molar-refractivity contribution in [1.29, 1.82) is 0 Å². The van der Waals surface area contributed by atoms with Crippen LogP contribution in [0.15, 0.2) is 42.5 Å². The van der Waals surface area contributed by atoms with Crippen molar-refractivity contribution in [2.75, 3.05) is 5.32 Å². The van der Waals surface area contributed by atoms with Crippen molar-refractivity contribution in [3.05, 3.63) is 53.7 Å². The summed E-state index contributed by atoms with van der Waals surface area (Å²) in [5.41, 5.74) is 3.61. The Labute approximate surface area is 102 Å². The molecule has 1 heterocycles. The predicted molar refractivity (Wildman–Crippen MR) is 70.7 cm³/mol. The normalized spacial score (nSPS) is 14.6. The maximum Gasteiger partial charge on any atom is 0.130 e. The van der Waals surface area contributed by atoms with Gasteiger partial charge < -0.3 is 5.32 Å². The minimum Gasteiger partial charge on any atom is -0.340 e. The van der Waals surface area contributed by atoms with Crippen molar-refractivity contribution in [2.45, 2.75) is 25.7 Å². The summed E-state index contributed by atoms with van der Waals surface area (Å²) in [7, 11) is 0. The number of para-hydroxylation sites is 1. The number of nitrogens with one attached hydrogen (secondary N) is 1. The minimum atomic E-state index is 0.700. The van der Waals surface area contributed by atoms with Crippen molar-refractivity contribution >= 4 is 11.5 Å². The second-order valence-corrected chi connectivity index (χ2v) is 4.72. The molecule has 86 valence electrons. The van der Waals surface area contributed by atoms with Crippen molar-refractivity contribution < 1.29 is 0 Å². The van der Waals surface area contributed by atoms with E-state index in [2.05, 4.69) is 41.5 Å². The summed E-state index contributed by atoms with van der Waals surface area (Å²) in [5, 5.41) is 3.36. The number of hydrogen-bond acceptors (Lipinski definition) is 2. The monoisotopic (exact) mass is 224 g/mol. The fourth-order valence-electron chi connectivity index (χ4n) is 2.02. The average molecular weight is 224 g/mol. The van der Waals surface area contributed by atoms with Crippen LogP contribution in [0.3, 0.4) is 0 Å². The van der Waals surface area contributed by atoms with Gasteiger partial charge in [0.1, 0.15) is 5.82 Å². The van der Waals surface area contributed by atoms with Gasteiger partial charge in [0, 0.05) is 17.3 Å². The quantitative estimate of drug-likeness (QED) is 0.852. The fourth-order valence-corrected chi connectivity index (χ4v) is 2.02. The molecule has 1 aromatic carbocycles. The van der Waals surface area contributed by atoms with E-state index in [4.69, 9.17) is 0 Å². The van der Waals surface area contributed by atoms with Gasteiger partial charge in [0.15, 0.2) is 0 Å². The van der Waals surface area contributed by atoms with Gasteiger partial charge >= 0.3 is 0 Å². The van der Waals surface area contributed by atoms with Crippen molar-refractivity contribution in [3.63, 3.8) is 0 Å². The molecule has 1 aliphatic carbocycles. The van der Waals surface area contributed by atoms with E-state index in [1.54, 1.807) is 0 Å². The number of benzene rings is 1. The van der Waals surface area contributed by atoms with Crippen LogP contribution in [-0.2, 0) is 0 Å². The number of aryl methyl sites for hydroxylation is 1. The zero-order chi connectivity index (χ0) is 11.7. The lowest BCUT2D eigenvalue weighted by Crippen LogP contribution is -1.97. The lowest BCUT2D eigenvalue weighted by molar-refractivity contribution is 1.02. The maximum atomic E-state index is 4.68. The van der Waals surface area contributed by atoms with E-state index in [-0.39, 0.29) is 0 Å². The summed E-state index contributed by atoms with van der Waals surface area (Å²) < 4.78 is 0. The fraction of sp³-hybridized carbons (Fsp3) is 0.267. The zero-order valence-corrected chi connectivity index (χ0v) is 9.98. The Hall–Kier alpha value is -1.83. The molecule has 0 atom stereocenters. The first-order valence-corrected chi connectivity index (χ1v) is 6.12. The molecule has 1 N–H and O–H groups in total. The van der Waals surface area contributed by atoms with Crippen LogP contribution in [0.2, 0.25) is 0 Å². The van der Waals surface area contributed by atoms with Gasteiger partial charge in [-0.15, -0.1) is 0 Å². The molecule has 1 saturated carbocycles. The minimum absolute atomic E-state index is 0.700. The van der Waals surface area contributed by atoms with Gasteiger partial charge in [-0.05, 0) is 49.6 Å². The molecular weight excluding hydrogens is 208 g/mol. The summed E-state index contributed by atoms with van der Waals surface area (Å²) in [6.07, 6.45) is 2.59. The van der Waals surface area contributed by atoms with Crippen LogP contribution in [-0.4, -0.2) is 4.98 Å². The molecule has 0 spiro atoms. The van der Waals surface area contributed by atoms with Crippen LogP contribution < -0.4 is 5.32 Å². The van der Waals surface area contributed by atoms with E-state index >= 15 is 0 Å². The molecule has 1 fully saturated rings. The second-order valence-electron chi connectivity index (χ2n) is 4.72. The first-order chi connectivity index (χ1) is 8.31. The molecule has 1 aliphatic rings. The molecule has 2 nitrogen and oxygen atoms in total. The topological polar surface area (TPSA) is 24.9 Å². The van der Waals surface area contributed by atoms with Crippen LogP contribution in [0.25, 0.3) is 0 Å². The highest BCUT2D eigenvalue weighted by atomic mass is 15.0. The molecule has 17 heavy (non-hydrogen) atoms. The van der Waals surface area contributed by atoms with E-state index in [1.807, 2.05) is 18.2 Å². The van der Waals surface area contributed by atoms with Crippen LogP contribution in [0, 0.1) is 6.92 Å². The van der Waals surface area contributed by atoms with Crippen molar-refractivity contribution in [2.24, 2.45) is 0 Å². The molecule has 3 rings (SSSR count).